The number of carbonyl (C=O) groups is 1. The molecule has 22 heavy (non-hydrogen) atoms. The highest BCUT2D eigenvalue weighted by atomic mass is 127. The van der Waals surface area contributed by atoms with Gasteiger partial charge in [-0.2, -0.15) is 0 Å². The molecular weight excluding hydrogens is 395 g/mol. The molecule has 2 saturated heterocycles. The van der Waals surface area contributed by atoms with Crippen LogP contribution in [0.2, 0.25) is 0 Å². The molecule has 1 atom stereocenters. The van der Waals surface area contributed by atoms with Crippen molar-refractivity contribution >= 4 is 35.8 Å². The van der Waals surface area contributed by atoms with Gasteiger partial charge in [-0.3, -0.25) is 4.79 Å². The lowest BCUT2D eigenvalue weighted by Crippen LogP contribution is -2.42. The highest BCUT2D eigenvalue weighted by Gasteiger charge is 2.17. The van der Waals surface area contributed by atoms with Gasteiger partial charge >= 0.3 is 0 Å². The van der Waals surface area contributed by atoms with E-state index in [1.54, 1.807) is 0 Å². The zero-order valence-electron chi connectivity index (χ0n) is 13.5. The van der Waals surface area contributed by atoms with E-state index in [2.05, 4.69) is 15.6 Å². The summed E-state index contributed by atoms with van der Waals surface area (Å²) in [7, 11) is 0. The number of piperidine rings is 1. The lowest BCUT2D eigenvalue weighted by Gasteiger charge is -2.26. The van der Waals surface area contributed by atoms with E-state index in [0.29, 0.717) is 5.96 Å². The third kappa shape index (κ3) is 6.68. The number of carbonyl (C=O) groups excluding carboxylic acids is 1. The number of likely N-dealkylation sites (tertiary alicyclic amines) is 1. The molecule has 2 N–H and O–H groups in total. The standard InChI is InChI=1S/C15H28N4O2.HI/c1-2-16-15(17-11-13-7-6-10-21-13)18-12-14(20)19-8-4-3-5-9-19;/h13H,2-12H2,1H3,(H2,16,17,18);1H. The molecule has 1 unspecified atom stereocenters. The Morgan fingerprint density at radius 3 is 2.64 bits per heavy atom. The summed E-state index contributed by atoms with van der Waals surface area (Å²) >= 11 is 0. The minimum atomic E-state index is 0. The van der Waals surface area contributed by atoms with Gasteiger partial charge in [-0.05, 0) is 39.0 Å². The monoisotopic (exact) mass is 424 g/mol. The number of ether oxygens (including phenoxy) is 1. The van der Waals surface area contributed by atoms with Gasteiger partial charge in [0.25, 0.3) is 0 Å². The summed E-state index contributed by atoms with van der Waals surface area (Å²) in [6.45, 7) is 6.41. The molecular formula is C15H29IN4O2. The third-order valence-electron chi connectivity index (χ3n) is 3.95. The summed E-state index contributed by atoms with van der Waals surface area (Å²) < 4.78 is 5.58. The van der Waals surface area contributed by atoms with E-state index in [0.717, 1.165) is 58.5 Å². The Labute approximate surface area is 150 Å². The quantitative estimate of drug-likeness (QED) is 0.398. The fourth-order valence-electron chi connectivity index (χ4n) is 2.75. The number of nitrogens with zero attached hydrogens (tertiary/aromatic N) is 2. The minimum absolute atomic E-state index is 0. The first-order valence-electron chi connectivity index (χ1n) is 8.21. The van der Waals surface area contributed by atoms with Gasteiger partial charge in [-0.25, -0.2) is 4.99 Å². The van der Waals surface area contributed by atoms with Crippen molar-refractivity contribution in [2.45, 2.75) is 45.1 Å². The summed E-state index contributed by atoms with van der Waals surface area (Å²) in [4.78, 5) is 18.4. The van der Waals surface area contributed by atoms with Gasteiger partial charge in [-0.1, -0.05) is 0 Å². The predicted molar refractivity (Wildman–Crippen MR) is 98.8 cm³/mol. The summed E-state index contributed by atoms with van der Waals surface area (Å²) in [5, 5.41) is 6.44. The number of aliphatic imine (C=N–C) groups is 1. The van der Waals surface area contributed by atoms with E-state index in [-0.39, 0.29) is 42.5 Å². The molecule has 0 bridgehead atoms. The average Bonchev–Trinajstić information content (AvgIpc) is 3.04. The number of amides is 1. The molecule has 0 spiro atoms. The van der Waals surface area contributed by atoms with Gasteiger partial charge in [0.2, 0.25) is 5.91 Å². The fraction of sp³-hybridized carbons (Fsp3) is 0.867. The van der Waals surface area contributed by atoms with Crippen LogP contribution >= 0.6 is 24.0 Å². The van der Waals surface area contributed by atoms with Gasteiger partial charge in [0.1, 0.15) is 6.54 Å². The van der Waals surface area contributed by atoms with Crippen LogP contribution in [0.15, 0.2) is 4.99 Å². The Morgan fingerprint density at radius 1 is 1.23 bits per heavy atom. The molecule has 0 aromatic rings. The Bertz CT molecular complexity index is 353. The first-order valence-corrected chi connectivity index (χ1v) is 8.21. The number of hydrogen-bond donors (Lipinski definition) is 2. The van der Waals surface area contributed by atoms with Gasteiger partial charge < -0.3 is 20.3 Å². The number of guanidine groups is 1. The predicted octanol–water partition coefficient (Wildman–Crippen LogP) is 1.35. The van der Waals surface area contributed by atoms with Crippen molar-refractivity contribution in [1.29, 1.82) is 0 Å². The zero-order chi connectivity index (χ0) is 14.9. The largest absolute Gasteiger partial charge is 0.376 e. The second-order valence-corrected chi connectivity index (χ2v) is 5.65. The SMILES string of the molecule is CCNC(=NCC(=O)N1CCCCC1)NCC1CCCO1.I. The summed E-state index contributed by atoms with van der Waals surface area (Å²) in [6.07, 6.45) is 5.97. The number of hydrogen-bond acceptors (Lipinski definition) is 3. The maximum atomic E-state index is 12.1. The zero-order valence-corrected chi connectivity index (χ0v) is 15.8. The van der Waals surface area contributed by atoms with Crippen LogP contribution in [0, 0.1) is 0 Å². The second kappa shape index (κ2) is 11.0. The number of rotatable bonds is 5. The van der Waals surface area contributed by atoms with Crippen molar-refractivity contribution in [3.8, 4) is 0 Å². The number of halogens is 1. The van der Waals surface area contributed by atoms with E-state index in [1.807, 2.05) is 11.8 Å². The van der Waals surface area contributed by atoms with Crippen molar-refractivity contribution in [3.63, 3.8) is 0 Å². The van der Waals surface area contributed by atoms with Crippen LogP contribution in [0.1, 0.15) is 39.0 Å². The van der Waals surface area contributed by atoms with Crippen molar-refractivity contribution in [2.24, 2.45) is 4.99 Å². The Balaban J connectivity index is 0.00000242. The lowest BCUT2D eigenvalue weighted by molar-refractivity contribution is -0.130. The Morgan fingerprint density at radius 2 is 2.00 bits per heavy atom. The molecule has 2 rings (SSSR count). The van der Waals surface area contributed by atoms with Gasteiger partial charge in [0, 0.05) is 32.8 Å². The van der Waals surface area contributed by atoms with Gasteiger partial charge in [0.05, 0.1) is 6.10 Å². The molecule has 0 aromatic carbocycles. The van der Waals surface area contributed by atoms with E-state index in [4.69, 9.17) is 4.74 Å². The van der Waals surface area contributed by atoms with Crippen molar-refractivity contribution in [3.05, 3.63) is 0 Å². The first kappa shape index (κ1) is 19.5. The molecule has 7 heteroatoms. The van der Waals surface area contributed by atoms with Crippen molar-refractivity contribution < 1.29 is 9.53 Å². The highest BCUT2D eigenvalue weighted by Crippen LogP contribution is 2.10. The molecule has 128 valence electrons. The summed E-state index contributed by atoms with van der Waals surface area (Å²) in [5.41, 5.74) is 0. The second-order valence-electron chi connectivity index (χ2n) is 5.65. The maximum absolute atomic E-state index is 12.1. The van der Waals surface area contributed by atoms with E-state index in [9.17, 15) is 4.79 Å². The number of nitrogens with one attached hydrogen (secondary N) is 2. The molecule has 2 aliphatic rings. The summed E-state index contributed by atoms with van der Waals surface area (Å²) in [6, 6.07) is 0. The topological polar surface area (TPSA) is 66.0 Å². The van der Waals surface area contributed by atoms with Crippen LogP contribution in [0.3, 0.4) is 0 Å². The maximum Gasteiger partial charge on any atom is 0.244 e. The Hall–Kier alpha value is -0.570. The molecule has 0 aromatic heterocycles. The van der Waals surface area contributed by atoms with Crippen molar-refractivity contribution in [1.82, 2.24) is 15.5 Å². The van der Waals surface area contributed by atoms with Crippen LogP contribution in [0.25, 0.3) is 0 Å². The summed E-state index contributed by atoms with van der Waals surface area (Å²) in [5.74, 6) is 0.836. The first-order chi connectivity index (χ1) is 10.3. The lowest BCUT2D eigenvalue weighted by atomic mass is 10.1. The Kier molecular flexibility index (Phi) is 9.77. The average molecular weight is 424 g/mol. The van der Waals surface area contributed by atoms with E-state index >= 15 is 0 Å². The van der Waals surface area contributed by atoms with Crippen LogP contribution in [0.4, 0.5) is 0 Å². The molecule has 2 fully saturated rings. The molecule has 0 aliphatic carbocycles. The van der Waals surface area contributed by atoms with Crippen LogP contribution in [-0.4, -0.2) is 62.2 Å². The molecule has 0 saturated carbocycles. The molecule has 2 heterocycles. The smallest absolute Gasteiger partial charge is 0.244 e. The normalized spacial score (nSPS) is 22.1. The molecule has 0 radical (unpaired) electrons. The van der Waals surface area contributed by atoms with E-state index < -0.39 is 0 Å². The van der Waals surface area contributed by atoms with E-state index in [1.165, 1.54) is 6.42 Å². The van der Waals surface area contributed by atoms with Crippen molar-refractivity contribution in [2.75, 3.05) is 39.3 Å². The molecule has 1 amide bonds. The molecule has 6 nitrogen and oxygen atoms in total. The minimum Gasteiger partial charge on any atom is -0.376 e. The van der Waals surface area contributed by atoms with Crippen LogP contribution < -0.4 is 10.6 Å². The van der Waals surface area contributed by atoms with Crippen LogP contribution in [0.5, 0.6) is 0 Å². The fourth-order valence-corrected chi connectivity index (χ4v) is 2.75. The molecule has 2 aliphatic heterocycles. The highest BCUT2D eigenvalue weighted by molar-refractivity contribution is 14.0. The van der Waals surface area contributed by atoms with Gasteiger partial charge in [0.15, 0.2) is 5.96 Å². The van der Waals surface area contributed by atoms with Crippen LogP contribution in [-0.2, 0) is 9.53 Å². The third-order valence-corrected chi connectivity index (χ3v) is 3.95. The van der Waals surface area contributed by atoms with Gasteiger partial charge in [-0.15, -0.1) is 24.0 Å².